The van der Waals surface area contributed by atoms with Crippen molar-refractivity contribution in [1.82, 2.24) is 4.98 Å². The van der Waals surface area contributed by atoms with Crippen molar-refractivity contribution < 1.29 is 9.90 Å². The van der Waals surface area contributed by atoms with E-state index >= 15 is 0 Å². The number of pyridine rings is 1. The zero-order chi connectivity index (χ0) is 14.7. The van der Waals surface area contributed by atoms with Crippen LogP contribution in [0.5, 0.6) is 0 Å². The van der Waals surface area contributed by atoms with Crippen LogP contribution in [0.15, 0.2) is 30.3 Å². The summed E-state index contributed by atoms with van der Waals surface area (Å²) >= 11 is 0. The largest absolute Gasteiger partial charge is 0.478 e. The van der Waals surface area contributed by atoms with E-state index in [1.165, 1.54) is 0 Å². The number of aryl methyl sites for hydroxylation is 2. The number of rotatable bonds is 3. The van der Waals surface area contributed by atoms with Gasteiger partial charge in [0.1, 0.15) is 5.82 Å². The molecule has 0 spiro atoms. The van der Waals surface area contributed by atoms with Gasteiger partial charge in [-0.2, -0.15) is 5.26 Å². The molecule has 100 valence electrons. The van der Waals surface area contributed by atoms with Crippen molar-refractivity contribution in [1.29, 1.82) is 5.26 Å². The van der Waals surface area contributed by atoms with Crippen LogP contribution in [0.4, 0.5) is 11.5 Å². The van der Waals surface area contributed by atoms with E-state index in [9.17, 15) is 4.79 Å². The third kappa shape index (κ3) is 2.93. The molecule has 2 N–H and O–H groups in total. The molecule has 5 heteroatoms. The highest BCUT2D eigenvalue weighted by molar-refractivity contribution is 5.90. The molecule has 0 aliphatic rings. The summed E-state index contributed by atoms with van der Waals surface area (Å²) in [6, 6.07) is 10.4. The quantitative estimate of drug-likeness (QED) is 0.892. The highest BCUT2D eigenvalue weighted by atomic mass is 16.4. The van der Waals surface area contributed by atoms with Crippen LogP contribution in [0, 0.1) is 25.2 Å². The van der Waals surface area contributed by atoms with E-state index in [1.807, 2.05) is 0 Å². The Hall–Kier alpha value is -2.87. The van der Waals surface area contributed by atoms with Crippen LogP contribution in [0.2, 0.25) is 0 Å². The number of aromatic carboxylic acids is 1. The molecule has 2 rings (SSSR count). The molecular formula is C15H13N3O2. The first-order valence-electron chi connectivity index (χ1n) is 5.99. The smallest absolute Gasteiger partial charge is 0.336 e. The zero-order valence-corrected chi connectivity index (χ0v) is 11.1. The molecule has 1 aromatic carbocycles. The Bertz CT molecular complexity index is 718. The summed E-state index contributed by atoms with van der Waals surface area (Å²) in [5.74, 6) is -0.456. The lowest BCUT2D eigenvalue weighted by Gasteiger charge is -2.09. The summed E-state index contributed by atoms with van der Waals surface area (Å²) < 4.78 is 0. The van der Waals surface area contributed by atoms with Gasteiger partial charge in [0.15, 0.2) is 0 Å². The minimum atomic E-state index is -0.971. The van der Waals surface area contributed by atoms with Crippen LogP contribution < -0.4 is 5.32 Å². The molecular weight excluding hydrogens is 254 g/mol. The second-order valence-corrected chi connectivity index (χ2v) is 4.45. The number of hydrogen-bond donors (Lipinski definition) is 2. The molecule has 1 heterocycles. The summed E-state index contributed by atoms with van der Waals surface area (Å²) in [4.78, 5) is 15.4. The summed E-state index contributed by atoms with van der Waals surface area (Å²) in [6.07, 6.45) is 0. The van der Waals surface area contributed by atoms with Gasteiger partial charge in [-0.3, -0.25) is 0 Å². The molecule has 0 saturated carbocycles. The van der Waals surface area contributed by atoms with Gasteiger partial charge in [-0.1, -0.05) is 6.07 Å². The van der Waals surface area contributed by atoms with Crippen LogP contribution in [-0.2, 0) is 0 Å². The average Bonchev–Trinajstić information content (AvgIpc) is 2.40. The third-order valence-corrected chi connectivity index (χ3v) is 2.82. The third-order valence-electron chi connectivity index (χ3n) is 2.82. The summed E-state index contributed by atoms with van der Waals surface area (Å²) in [6.45, 7) is 3.54. The van der Waals surface area contributed by atoms with Crippen LogP contribution in [0.3, 0.4) is 0 Å². The van der Waals surface area contributed by atoms with Gasteiger partial charge in [0.25, 0.3) is 0 Å². The first-order chi connectivity index (χ1) is 9.49. The maximum absolute atomic E-state index is 11.1. The first-order valence-corrected chi connectivity index (χ1v) is 5.99. The van der Waals surface area contributed by atoms with E-state index in [1.54, 1.807) is 44.2 Å². The summed E-state index contributed by atoms with van der Waals surface area (Å²) in [5, 5.41) is 21.0. The van der Waals surface area contributed by atoms with Gasteiger partial charge in [0, 0.05) is 11.4 Å². The molecule has 1 aromatic heterocycles. The highest BCUT2D eigenvalue weighted by Crippen LogP contribution is 2.20. The molecule has 20 heavy (non-hydrogen) atoms. The molecule has 0 aliphatic carbocycles. The monoisotopic (exact) mass is 267 g/mol. The predicted molar refractivity (Wildman–Crippen MR) is 75.1 cm³/mol. The van der Waals surface area contributed by atoms with Gasteiger partial charge < -0.3 is 10.4 Å². The van der Waals surface area contributed by atoms with E-state index in [4.69, 9.17) is 10.4 Å². The zero-order valence-electron chi connectivity index (χ0n) is 11.1. The molecule has 0 unspecified atom stereocenters. The predicted octanol–water partition coefficient (Wildman–Crippen LogP) is 3.01. The number of carbonyl (C=O) groups is 1. The molecule has 0 atom stereocenters. The fourth-order valence-electron chi connectivity index (χ4n) is 1.88. The fraction of sp³-hybridized carbons (Fsp3) is 0.133. The van der Waals surface area contributed by atoms with Gasteiger partial charge in [-0.05, 0) is 43.7 Å². The minimum Gasteiger partial charge on any atom is -0.478 e. The number of aromatic nitrogens is 1. The number of hydrogen-bond acceptors (Lipinski definition) is 4. The SMILES string of the molecule is Cc1cc(C#N)cc(Nc2ccc(C)c(C(=O)O)c2)n1. The Kier molecular flexibility index (Phi) is 3.67. The first kappa shape index (κ1) is 13.6. The minimum absolute atomic E-state index is 0.239. The maximum atomic E-state index is 11.1. The Balaban J connectivity index is 2.35. The second-order valence-electron chi connectivity index (χ2n) is 4.45. The van der Waals surface area contributed by atoms with Crippen molar-refractivity contribution in [3.63, 3.8) is 0 Å². The second kappa shape index (κ2) is 5.41. The molecule has 0 bridgehead atoms. The number of nitrogens with zero attached hydrogens (tertiary/aromatic N) is 2. The van der Waals surface area contributed by atoms with Crippen molar-refractivity contribution in [2.24, 2.45) is 0 Å². The average molecular weight is 267 g/mol. The fourth-order valence-corrected chi connectivity index (χ4v) is 1.88. The van der Waals surface area contributed by atoms with Crippen LogP contribution in [-0.4, -0.2) is 16.1 Å². The molecule has 2 aromatic rings. The topological polar surface area (TPSA) is 86.0 Å². The number of anilines is 2. The van der Waals surface area contributed by atoms with E-state index in [2.05, 4.69) is 16.4 Å². The number of carboxylic acids is 1. The number of nitriles is 1. The van der Waals surface area contributed by atoms with Crippen LogP contribution >= 0.6 is 0 Å². The molecule has 0 radical (unpaired) electrons. The number of carboxylic acid groups (broad SMARTS) is 1. The van der Waals surface area contributed by atoms with Crippen LogP contribution in [0.25, 0.3) is 0 Å². The lowest BCUT2D eigenvalue weighted by molar-refractivity contribution is 0.0696. The number of benzene rings is 1. The van der Waals surface area contributed by atoms with E-state index in [-0.39, 0.29) is 5.56 Å². The molecule has 0 aliphatic heterocycles. The van der Waals surface area contributed by atoms with Gasteiger partial charge in [0.2, 0.25) is 0 Å². The standard InChI is InChI=1S/C15H13N3O2/c1-9-3-4-12(7-13(9)15(19)20)18-14-6-11(8-16)5-10(2)17-14/h3-7H,1-2H3,(H,17,18)(H,19,20). The van der Waals surface area contributed by atoms with Crippen molar-refractivity contribution in [3.8, 4) is 6.07 Å². The molecule has 0 fully saturated rings. The lowest BCUT2D eigenvalue weighted by atomic mass is 10.1. The lowest BCUT2D eigenvalue weighted by Crippen LogP contribution is -2.02. The van der Waals surface area contributed by atoms with Gasteiger partial charge in [-0.25, -0.2) is 9.78 Å². The van der Waals surface area contributed by atoms with E-state index in [0.29, 0.717) is 22.6 Å². The van der Waals surface area contributed by atoms with Crippen molar-refractivity contribution >= 4 is 17.5 Å². The van der Waals surface area contributed by atoms with E-state index < -0.39 is 5.97 Å². The molecule has 0 saturated heterocycles. The van der Waals surface area contributed by atoms with Crippen molar-refractivity contribution in [3.05, 3.63) is 52.7 Å². The number of nitrogens with one attached hydrogen (secondary N) is 1. The summed E-state index contributed by atoms with van der Waals surface area (Å²) in [7, 11) is 0. The van der Waals surface area contributed by atoms with E-state index in [0.717, 1.165) is 5.69 Å². The Morgan fingerprint density at radius 2 is 2.05 bits per heavy atom. The maximum Gasteiger partial charge on any atom is 0.336 e. The molecule has 5 nitrogen and oxygen atoms in total. The van der Waals surface area contributed by atoms with Crippen molar-refractivity contribution in [2.75, 3.05) is 5.32 Å². The Morgan fingerprint density at radius 3 is 2.70 bits per heavy atom. The van der Waals surface area contributed by atoms with Gasteiger partial charge in [-0.15, -0.1) is 0 Å². The van der Waals surface area contributed by atoms with Crippen LogP contribution in [0.1, 0.15) is 27.2 Å². The Morgan fingerprint density at radius 1 is 1.30 bits per heavy atom. The van der Waals surface area contributed by atoms with Gasteiger partial charge in [0.05, 0.1) is 17.2 Å². The summed E-state index contributed by atoms with van der Waals surface area (Å²) in [5.41, 5.74) is 2.78. The Labute approximate surface area is 116 Å². The normalized spacial score (nSPS) is 9.85. The van der Waals surface area contributed by atoms with Crippen molar-refractivity contribution in [2.45, 2.75) is 13.8 Å². The highest BCUT2D eigenvalue weighted by Gasteiger charge is 2.08. The molecule has 0 amide bonds. The van der Waals surface area contributed by atoms with Gasteiger partial charge >= 0.3 is 5.97 Å².